The maximum absolute atomic E-state index is 11.8. The van der Waals surface area contributed by atoms with E-state index in [4.69, 9.17) is 5.11 Å². The summed E-state index contributed by atoms with van der Waals surface area (Å²) in [5.74, 6) is 0.243. The van der Waals surface area contributed by atoms with Crippen molar-refractivity contribution in [3.05, 3.63) is 47.5 Å². The van der Waals surface area contributed by atoms with Gasteiger partial charge in [-0.2, -0.15) is 0 Å². The van der Waals surface area contributed by atoms with Gasteiger partial charge >= 0.3 is 0 Å². The Morgan fingerprint density at radius 2 is 1.76 bits per heavy atom. The van der Waals surface area contributed by atoms with Gasteiger partial charge in [0.2, 0.25) is 5.91 Å². The lowest BCUT2D eigenvalue weighted by molar-refractivity contribution is -0.124. The van der Waals surface area contributed by atoms with Gasteiger partial charge in [-0.3, -0.25) is 4.79 Å². The predicted molar refractivity (Wildman–Crippen MR) is 66.1 cm³/mol. The van der Waals surface area contributed by atoms with Gasteiger partial charge in [0.1, 0.15) is 0 Å². The van der Waals surface area contributed by atoms with Gasteiger partial charge in [-0.15, -0.1) is 0 Å². The molecule has 17 heavy (non-hydrogen) atoms. The SMILES string of the molecule is O=C(NCc1ccc(CO)cc1)C1CC=CC1. The molecule has 1 aromatic carbocycles. The third-order valence-corrected chi connectivity index (χ3v) is 3.05. The topological polar surface area (TPSA) is 49.3 Å². The van der Waals surface area contributed by atoms with E-state index < -0.39 is 0 Å². The van der Waals surface area contributed by atoms with E-state index in [2.05, 4.69) is 17.5 Å². The first kappa shape index (κ1) is 11.9. The van der Waals surface area contributed by atoms with Gasteiger partial charge in [0.15, 0.2) is 0 Å². The van der Waals surface area contributed by atoms with Crippen LogP contribution in [0.2, 0.25) is 0 Å². The molecule has 1 aromatic rings. The fraction of sp³-hybridized carbons (Fsp3) is 0.357. The highest BCUT2D eigenvalue weighted by atomic mass is 16.3. The molecule has 3 heteroatoms. The molecule has 0 saturated heterocycles. The van der Waals surface area contributed by atoms with Crippen LogP contribution in [0.4, 0.5) is 0 Å². The fourth-order valence-corrected chi connectivity index (χ4v) is 1.93. The summed E-state index contributed by atoms with van der Waals surface area (Å²) in [4.78, 5) is 11.8. The average molecular weight is 231 g/mol. The minimum atomic E-state index is 0.0559. The van der Waals surface area contributed by atoms with Gasteiger partial charge in [-0.1, -0.05) is 36.4 Å². The Morgan fingerprint density at radius 1 is 1.18 bits per heavy atom. The van der Waals surface area contributed by atoms with E-state index in [-0.39, 0.29) is 18.4 Å². The molecule has 1 aliphatic rings. The Bertz CT molecular complexity index is 401. The Labute approximate surface area is 101 Å². The maximum atomic E-state index is 11.8. The number of carbonyl (C=O) groups excluding carboxylic acids is 1. The zero-order valence-corrected chi connectivity index (χ0v) is 9.73. The fourth-order valence-electron chi connectivity index (χ4n) is 1.93. The maximum Gasteiger partial charge on any atom is 0.224 e. The number of nitrogens with one attached hydrogen (secondary N) is 1. The standard InChI is InChI=1S/C14H17NO2/c16-10-12-7-5-11(6-8-12)9-15-14(17)13-3-1-2-4-13/h1-2,5-8,13,16H,3-4,9-10H2,(H,15,17). The number of benzene rings is 1. The summed E-state index contributed by atoms with van der Waals surface area (Å²) in [6, 6.07) is 7.61. The van der Waals surface area contributed by atoms with Crippen molar-refractivity contribution < 1.29 is 9.90 Å². The number of carbonyl (C=O) groups is 1. The number of aliphatic hydroxyl groups excluding tert-OH is 1. The van der Waals surface area contributed by atoms with Crippen LogP contribution in [0.5, 0.6) is 0 Å². The average Bonchev–Trinajstić information content (AvgIpc) is 2.90. The molecular weight excluding hydrogens is 214 g/mol. The highest BCUT2D eigenvalue weighted by molar-refractivity contribution is 5.79. The van der Waals surface area contributed by atoms with Gasteiger partial charge in [0, 0.05) is 12.5 Å². The minimum Gasteiger partial charge on any atom is -0.392 e. The Hall–Kier alpha value is -1.61. The van der Waals surface area contributed by atoms with Crippen molar-refractivity contribution in [2.75, 3.05) is 0 Å². The highest BCUT2D eigenvalue weighted by Gasteiger charge is 2.18. The Kier molecular flexibility index (Phi) is 3.94. The molecule has 0 fully saturated rings. The van der Waals surface area contributed by atoms with Crippen LogP contribution in [-0.4, -0.2) is 11.0 Å². The molecule has 0 unspecified atom stereocenters. The van der Waals surface area contributed by atoms with Crippen LogP contribution in [0.3, 0.4) is 0 Å². The van der Waals surface area contributed by atoms with Gasteiger partial charge in [0.25, 0.3) is 0 Å². The van der Waals surface area contributed by atoms with Crippen LogP contribution in [0.15, 0.2) is 36.4 Å². The highest BCUT2D eigenvalue weighted by Crippen LogP contribution is 2.17. The molecule has 0 atom stereocenters. The number of rotatable bonds is 4. The van der Waals surface area contributed by atoms with E-state index >= 15 is 0 Å². The van der Waals surface area contributed by atoms with E-state index in [1.807, 2.05) is 24.3 Å². The first-order valence-corrected chi connectivity index (χ1v) is 5.91. The molecule has 1 aliphatic carbocycles. The van der Waals surface area contributed by atoms with Crippen molar-refractivity contribution in [2.24, 2.45) is 5.92 Å². The first-order valence-electron chi connectivity index (χ1n) is 5.91. The van der Waals surface area contributed by atoms with Crippen molar-refractivity contribution in [1.82, 2.24) is 5.32 Å². The summed E-state index contributed by atoms with van der Waals surface area (Å²) >= 11 is 0. The zero-order valence-electron chi connectivity index (χ0n) is 9.73. The molecule has 2 rings (SSSR count). The molecule has 0 bridgehead atoms. The zero-order chi connectivity index (χ0) is 12.1. The number of amides is 1. The molecule has 3 nitrogen and oxygen atoms in total. The smallest absolute Gasteiger partial charge is 0.224 e. The largest absolute Gasteiger partial charge is 0.392 e. The monoisotopic (exact) mass is 231 g/mol. The number of hydrogen-bond acceptors (Lipinski definition) is 2. The van der Waals surface area contributed by atoms with Gasteiger partial charge < -0.3 is 10.4 Å². The van der Waals surface area contributed by atoms with E-state index in [0.717, 1.165) is 24.0 Å². The summed E-state index contributed by atoms with van der Waals surface area (Å²) in [5, 5.41) is 11.9. The third-order valence-electron chi connectivity index (χ3n) is 3.05. The molecule has 0 heterocycles. The van der Waals surface area contributed by atoms with Crippen molar-refractivity contribution in [2.45, 2.75) is 26.0 Å². The van der Waals surface area contributed by atoms with Crippen molar-refractivity contribution >= 4 is 5.91 Å². The van der Waals surface area contributed by atoms with Gasteiger partial charge in [0.05, 0.1) is 6.61 Å². The van der Waals surface area contributed by atoms with E-state index in [1.54, 1.807) is 0 Å². The second-order valence-corrected chi connectivity index (χ2v) is 4.33. The second kappa shape index (κ2) is 5.64. The lowest BCUT2D eigenvalue weighted by Crippen LogP contribution is -2.28. The summed E-state index contributed by atoms with van der Waals surface area (Å²) in [6.07, 6.45) is 5.82. The van der Waals surface area contributed by atoms with Crippen LogP contribution in [-0.2, 0) is 17.9 Å². The molecule has 0 radical (unpaired) electrons. The van der Waals surface area contributed by atoms with Crippen LogP contribution in [0.25, 0.3) is 0 Å². The molecule has 1 amide bonds. The summed E-state index contributed by atoms with van der Waals surface area (Å²) in [7, 11) is 0. The lowest BCUT2D eigenvalue weighted by Gasteiger charge is -2.10. The number of hydrogen-bond donors (Lipinski definition) is 2. The molecule has 0 spiro atoms. The Balaban J connectivity index is 1.82. The van der Waals surface area contributed by atoms with Gasteiger partial charge in [-0.05, 0) is 24.0 Å². The summed E-state index contributed by atoms with van der Waals surface area (Å²) < 4.78 is 0. The van der Waals surface area contributed by atoms with Crippen LogP contribution in [0.1, 0.15) is 24.0 Å². The Morgan fingerprint density at radius 3 is 2.35 bits per heavy atom. The predicted octanol–water partition coefficient (Wildman–Crippen LogP) is 1.76. The van der Waals surface area contributed by atoms with Crippen LogP contribution >= 0.6 is 0 Å². The molecule has 90 valence electrons. The lowest BCUT2D eigenvalue weighted by atomic mass is 10.1. The summed E-state index contributed by atoms with van der Waals surface area (Å²) in [5.41, 5.74) is 1.95. The van der Waals surface area contributed by atoms with Crippen LogP contribution < -0.4 is 5.32 Å². The molecule has 0 saturated carbocycles. The van der Waals surface area contributed by atoms with E-state index in [0.29, 0.717) is 6.54 Å². The summed E-state index contributed by atoms with van der Waals surface area (Å²) in [6.45, 7) is 0.613. The van der Waals surface area contributed by atoms with Crippen molar-refractivity contribution in [1.29, 1.82) is 0 Å². The third kappa shape index (κ3) is 3.17. The minimum absolute atomic E-state index is 0.0559. The van der Waals surface area contributed by atoms with Crippen molar-refractivity contribution in [3.8, 4) is 0 Å². The molecular formula is C14H17NO2. The second-order valence-electron chi connectivity index (χ2n) is 4.33. The van der Waals surface area contributed by atoms with Gasteiger partial charge in [-0.25, -0.2) is 0 Å². The molecule has 0 aromatic heterocycles. The quantitative estimate of drug-likeness (QED) is 0.776. The molecule has 0 aliphatic heterocycles. The molecule has 2 N–H and O–H groups in total. The van der Waals surface area contributed by atoms with E-state index in [1.165, 1.54) is 0 Å². The normalized spacial score (nSPS) is 15.1. The number of aliphatic hydroxyl groups is 1. The first-order chi connectivity index (χ1) is 8.29. The number of allylic oxidation sites excluding steroid dienone is 2. The van der Waals surface area contributed by atoms with E-state index in [9.17, 15) is 4.79 Å². The van der Waals surface area contributed by atoms with Crippen LogP contribution in [0, 0.1) is 5.92 Å². The van der Waals surface area contributed by atoms with Crippen molar-refractivity contribution in [3.63, 3.8) is 0 Å².